The molecule has 0 aromatic carbocycles. The van der Waals surface area contributed by atoms with Gasteiger partial charge in [0.25, 0.3) is 0 Å². The van der Waals surface area contributed by atoms with Gasteiger partial charge in [-0.25, -0.2) is 0 Å². The van der Waals surface area contributed by atoms with Crippen LogP contribution in [0.3, 0.4) is 0 Å². The van der Waals surface area contributed by atoms with Gasteiger partial charge in [-0.2, -0.15) is 0 Å². The molecule has 0 saturated carbocycles. The highest BCUT2D eigenvalue weighted by atomic mass is 16.4. The zero-order valence-electron chi connectivity index (χ0n) is 5.73. The Hall–Kier alpha value is -1.31. The summed E-state index contributed by atoms with van der Waals surface area (Å²) in [7, 11) is -1.57. The van der Waals surface area contributed by atoms with Crippen LogP contribution in [0.15, 0.2) is 24.5 Å². The first-order valence-electron chi connectivity index (χ1n) is 3.07. The first kappa shape index (κ1) is 7.80. The zero-order valence-corrected chi connectivity index (χ0v) is 5.73. The van der Waals surface area contributed by atoms with Gasteiger partial charge in [-0.05, 0) is 12.1 Å². The lowest BCUT2D eigenvalue weighted by molar-refractivity contribution is 0.427. The van der Waals surface area contributed by atoms with Crippen molar-refractivity contribution in [2.75, 3.05) is 0 Å². The number of pyridine rings is 1. The van der Waals surface area contributed by atoms with Crippen LogP contribution in [0.4, 0.5) is 0 Å². The summed E-state index contributed by atoms with van der Waals surface area (Å²) in [6, 6.07) is 3.47. The maximum Gasteiger partial charge on any atom is 0.545 e. The Labute approximate surface area is 64.9 Å². The summed E-state index contributed by atoms with van der Waals surface area (Å²) in [6.45, 7) is 0. The van der Waals surface area contributed by atoms with Crippen molar-refractivity contribution in [1.82, 2.24) is 4.98 Å². The van der Waals surface area contributed by atoms with Gasteiger partial charge >= 0.3 is 7.12 Å². The average molecular weight is 147 g/mol. The predicted molar refractivity (Wildman–Crippen MR) is 41.3 cm³/mol. The van der Waals surface area contributed by atoms with Crippen molar-refractivity contribution >= 4 is 7.12 Å². The highest BCUT2D eigenvalue weighted by molar-refractivity contribution is 6.51. The molecule has 0 aliphatic heterocycles. The first-order valence-corrected chi connectivity index (χ1v) is 3.07. The van der Waals surface area contributed by atoms with Gasteiger partial charge in [-0.1, -0.05) is 11.7 Å². The molecule has 0 radical (unpaired) electrons. The summed E-state index contributed by atoms with van der Waals surface area (Å²) < 4.78 is 0. The van der Waals surface area contributed by atoms with Crippen LogP contribution in [0.1, 0.15) is 5.56 Å². The van der Waals surface area contributed by atoms with Crippen LogP contribution in [0.5, 0.6) is 0 Å². The molecule has 0 aliphatic carbocycles. The summed E-state index contributed by atoms with van der Waals surface area (Å²) in [5, 5.41) is 16.8. The maximum absolute atomic E-state index is 8.38. The molecule has 0 atom stereocenters. The van der Waals surface area contributed by atoms with Crippen LogP contribution in [0.2, 0.25) is 0 Å². The third-order valence-corrected chi connectivity index (χ3v) is 1.01. The number of hydrogen-bond acceptors (Lipinski definition) is 3. The van der Waals surface area contributed by atoms with Crippen molar-refractivity contribution in [3.05, 3.63) is 30.1 Å². The van der Waals surface area contributed by atoms with E-state index < -0.39 is 7.12 Å². The van der Waals surface area contributed by atoms with Gasteiger partial charge < -0.3 is 10.0 Å². The molecule has 1 heterocycles. The second-order valence-corrected chi connectivity index (χ2v) is 1.88. The van der Waals surface area contributed by atoms with Crippen LogP contribution in [0.25, 0.3) is 0 Å². The SMILES string of the molecule is OB(O)C#Cc1cccnc1. The Morgan fingerprint density at radius 2 is 2.27 bits per heavy atom. The van der Waals surface area contributed by atoms with Crippen LogP contribution in [-0.2, 0) is 0 Å². The van der Waals surface area contributed by atoms with Crippen molar-refractivity contribution in [2.45, 2.75) is 0 Å². The molecule has 3 nitrogen and oxygen atoms in total. The molecule has 0 unspecified atom stereocenters. The molecule has 0 aliphatic rings. The van der Waals surface area contributed by atoms with Gasteiger partial charge in [-0.3, -0.25) is 4.98 Å². The van der Waals surface area contributed by atoms with Crippen LogP contribution < -0.4 is 0 Å². The number of rotatable bonds is 0. The lowest BCUT2D eigenvalue weighted by atomic mass is 9.93. The molecule has 2 N–H and O–H groups in total. The molecule has 1 rings (SSSR count). The van der Waals surface area contributed by atoms with Gasteiger partial charge in [0.1, 0.15) is 0 Å². The van der Waals surface area contributed by atoms with Crippen molar-refractivity contribution in [3.63, 3.8) is 0 Å². The summed E-state index contributed by atoms with van der Waals surface area (Å²) in [6.07, 6.45) is 3.18. The minimum absolute atomic E-state index is 0.667. The van der Waals surface area contributed by atoms with Crippen molar-refractivity contribution in [2.24, 2.45) is 0 Å². The molecule has 0 bridgehead atoms. The minimum atomic E-state index is -1.57. The largest absolute Gasteiger partial charge is 0.545 e. The first-order chi connectivity index (χ1) is 5.29. The fraction of sp³-hybridized carbons (Fsp3) is 0. The predicted octanol–water partition coefficient (Wildman–Crippen LogP) is -0.555. The molecular formula is C7H6BNO2. The molecule has 1 aromatic rings. The van der Waals surface area contributed by atoms with Gasteiger partial charge in [0.05, 0.1) is 0 Å². The Morgan fingerprint density at radius 3 is 2.82 bits per heavy atom. The molecule has 0 spiro atoms. The number of nitrogens with zero attached hydrogens (tertiary/aromatic N) is 1. The number of hydrogen-bond donors (Lipinski definition) is 2. The van der Waals surface area contributed by atoms with Crippen molar-refractivity contribution < 1.29 is 10.0 Å². The summed E-state index contributed by atoms with van der Waals surface area (Å²) in [5.41, 5.74) is 0.667. The van der Waals surface area contributed by atoms with Crippen molar-refractivity contribution in [3.8, 4) is 11.7 Å². The monoisotopic (exact) mass is 147 g/mol. The molecule has 11 heavy (non-hydrogen) atoms. The zero-order chi connectivity index (χ0) is 8.10. The highest BCUT2D eigenvalue weighted by Gasteiger charge is 1.97. The minimum Gasteiger partial charge on any atom is -0.416 e. The second-order valence-electron chi connectivity index (χ2n) is 1.88. The number of aromatic nitrogens is 1. The Morgan fingerprint density at radius 1 is 1.45 bits per heavy atom. The second kappa shape index (κ2) is 3.76. The van der Waals surface area contributed by atoms with E-state index in [9.17, 15) is 0 Å². The maximum atomic E-state index is 8.38. The lowest BCUT2D eigenvalue weighted by Gasteiger charge is -1.85. The van der Waals surface area contributed by atoms with Crippen LogP contribution in [0, 0.1) is 11.7 Å². The third kappa shape index (κ3) is 2.85. The molecular weight excluding hydrogens is 141 g/mol. The van der Waals surface area contributed by atoms with E-state index in [0.717, 1.165) is 0 Å². The van der Waals surface area contributed by atoms with E-state index in [2.05, 4.69) is 16.7 Å². The summed E-state index contributed by atoms with van der Waals surface area (Å²) in [4.78, 5) is 3.80. The van der Waals surface area contributed by atoms with E-state index in [0.29, 0.717) is 5.56 Å². The van der Waals surface area contributed by atoms with E-state index in [-0.39, 0.29) is 0 Å². The van der Waals surface area contributed by atoms with E-state index in [1.807, 2.05) is 0 Å². The lowest BCUT2D eigenvalue weighted by Crippen LogP contribution is -2.06. The smallest absolute Gasteiger partial charge is 0.416 e. The summed E-state index contributed by atoms with van der Waals surface area (Å²) >= 11 is 0. The van der Waals surface area contributed by atoms with Gasteiger partial charge in [0.2, 0.25) is 0 Å². The Balaban J connectivity index is 2.75. The van der Waals surface area contributed by atoms with Gasteiger partial charge in [0, 0.05) is 18.0 Å². The standard InChI is InChI=1S/C7H6BNO2/c10-8(11)4-3-7-2-1-5-9-6-7/h1-2,5-6,10-11H. The highest BCUT2D eigenvalue weighted by Crippen LogP contribution is 1.90. The summed E-state index contributed by atoms with van der Waals surface area (Å²) in [5.74, 6) is 4.71. The normalized spacial score (nSPS) is 8.18. The Bertz CT molecular complexity index is 275. The molecule has 0 amide bonds. The van der Waals surface area contributed by atoms with Crippen molar-refractivity contribution in [1.29, 1.82) is 0 Å². The van der Waals surface area contributed by atoms with E-state index in [1.54, 1.807) is 24.5 Å². The van der Waals surface area contributed by atoms with Crippen LogP contribution in [-0.4, -0.2) is 22.2 Å². The molecule has 1 aromatic heterocycles. The molecule has 0 fully saturated rings. The fourth-order valence-corrected chi connectivity index (χ4v) is 0.585. The third-order valence-electron chi connectivity index (χ3n) is 1.01. The molecule has 54 valence electrons. The molecule has 0 saturated heterocycles. The fourth-order valence-electron chi connectivity index (χ4n) is 0.585. The van der Waals surface area contributed by atoms with E-state index in [1.165, 1.54) is 0 Å². The van der Waals surface area contributed by atoms with E-state index in [4.69, 9.17) is 10.0 Å². The average Bonchev–Trinajstić information content (AvgIpc) is 2.03. The quantitative estimate of drug-likeness (QED) is 0.382. The molecule has 4 heteroatoms. The topological polar surface area (TPSA) is 53.4 Å². The van der Waals surface area contributed by atoms with Gasteiger partial charge in [-0.15, -0.1) is 0 Å². The Kier molecular flexibility index (Phi) is 2.67. The van der Waals surface area contributed by atoms with Crippen LogP contribution >= 0.6 is 0 Å². The van der Waals surface area contributed by atoms with E-state index >= 15 is 0 Å². The van der Waals surface area contributed by atoms with Gasteiger partial charge in [0.15, 0.2) is 0 Å².